The lowest BCUT2D eigenvalue weighted by atomic mass is 9.75. The van der Waals surface area contributed by atoms with Crippen molar-refractivity contribution in [2.75, 3.05) is 26.2 Å². The molecule has 6 heteroatoms. The van der Waals surface area contributed by atoms with Gasteiger partial charge in [-0.1, -0.05) is 43.5 Å². The third-order valence-electron chi connectivity index (χ3n) is 8.35. The van der Waals surface area contributed by atoms with E-state index in [2.05, 4.69) is 4.90 Å². The van der Waals surface area contributed by atoms with Gasteiger partial charge in [-0.2, -0.15) is 0 Å². The van der Waals surface area contributed by atoms with Gasteiger partial charge in [-0.05, 0) is 86.2 Å². The molecular formula is C32H37N3O3. The smallest absolute Gasteiger partial charge is 0.333 e. The van der Waals surface area contributed by atoms with Crippen molar-refractivity contribution in [1.29, 1.82) is 0 Å². The molecule has 1 aromatic heterocycles. The van der Waals surface area contributed by atoms with Gasteiger partial charge >= 0.3 is 5.69 Å². The highest BCUT2D eigenvalue weighted by Gasteiger charge is 2.30. The standard InChI is InChI=1S/C32H37N3O3/c36-32-34(20-21-35(32)28-12-16-31(17-13-28)38-30-8-2-1-3-9-30)27-10-14-29(15-11-27)37-23-22-33-19-18-25-6-4-5-7-26(25)24-33/h1-3,8-12,14-17,20-21,25-26,28H,4-7,13,18-19,22-24H2. The van der Waals surface area contributed by atoms with Crippen LogP contribution < -0.4 is 15.2 Å². The molecule has 0 amide bonds. The van der Waals surface area contributed by atoms with Crippen molar-refractivity contribution < 1.29 is 9.47 Å². The zero-order chi connectivity index (χ0) is 25.7. The fraction of sp³-hybridized carbons (Fsp3) is 0.406. The number of likely N-dealkylation sites (tertiary alicyclic amines) is 1. The van der Waals surface area contributed by atoms with Crippen LogP contribution in [-0.4, -0.2) is 40.3 Å². The molecule has 6 nitrogen and oxygen atoms in total. The van der Waals surface area contributed by atoms with Crippen LogP contribution in [0.25, 0.3) is 5.69 Å². The lowest BCUT2D eigenvalue weighted by Crippen LogP contribution is -2.43. The average Bonchev–Trinajstić information content (AvgIpc) is 3.35. The van der Waals surface area contributed by atoms with Crippen LogP contribution in [0.4, 0.5) is 0 Å². The molecule has 3 atom stereocenters. The van der Waals surface area contributed by atoms with Gasteiger partial charge in [0, 0.05) is 25.5 Å². The third kappa shape index (κ3) is 5.65. The van der Waals surface area contributed by atoms with Crippen molar-refractivity contribution in [2.24, 2.45) is 11.8 Å². The molecule has 2 aromatic carbocycles. The summed E-state index contributed by atoms with van der Waals surface area (Å²) in [5, 5.41) is 0. The molecule has 2 aliphatic carbocycles. The quantitative estimate of drug-likeness (QED) is 0.373. The number of aromatic nitrogens is 2. The molecule has 1 saturated carbocycles. The van der Waals surface area contributed by atoms with E-state index in [4.69, 9.17) is 9.47 Å². The summed E-state index contributed by atoms with van der Waals surface area (Å²) in [5.74, 6) is 4.31. The first kappa shape index (κ1) is 24.8. The van der Waals surface area contributed by atoms with Gasteiger partial charge in [-0.3, -0.25) is 14.0 Å². The number of para-hydroxylation sites is 1. The maximum atomic E-state index is 13.2. The highest BCUT2D eigenvalue weighted by Crippen LogP contribution is 2.36. The van der Waals surface area contributed by atoms with E-state index in [1.807, 2.05) is 85.2 Å². The van der Waals surface area contributed by atoms with Crippen molar-refractivity contribution in [1.82, 2.24) is 14.0 Å². The first-order valence-corrected chi connectivity index (χ1v) is 14.1. The summed E-state index contributed by atoms with van der Waals surface area (Å²) >= 11 is 0. The van der Waals surface area contributed by atoms with Gasteiger partial charge in [-0.15, -0.1) is 0 Å². The number of imidazole rings is 1. The number of benzene rings is 2. The van der Waals surface area contributed by atoms with Gasteiger partial charge < -0.3 is 9.47 Å². The van der Waals surface area contributed by atoms with Crippen LogP contribution >= 0.6 is 0 Å². The number of fused-ring (bicyclic) bond motifs is 1. The minimum atomic E-state index is -0.0553. The van der Waals surface area contributed by atoms with Gasteiger partial charge in [-0.25, -0.2) is 4.79 Å². The van der Waals surface area contributed by atoms with Crippen LogP contribution in [0, 0.1) is 11.8 Å². The minimum absolute atomic E-state index is 0.0341. The fourth-order valence-corrected chi connectivity index (χ4v) is 6.21. The zero-order valence-corrected chi connectivity index (χ0v) is 22.0. The summed E-state index contributed by atoms with van der Waals surface area (Å²) in [6, 6.07) is 17.5. The Morgan fingerprint density at radius 2 is 1.68 bits per heavy atom. The third-order valence-corrected chi connectivity index (χ3v) is 8.35. The molecule has 2 fully saturated rings. The average molecular weight is 512 g/mol. The number of allylic oxidation sites excluding steroid dienone is 3. The Morgan fingerprint density at radius 1 is 0.868 bits per heavy atom. The van der Waals surface area contributed by atoms with E-state index in [9.17, 15) is 4.79 Å². The summed E-state index contributed by atoms with van der Waals surface area (Å²) in [5.41, 5.74) is 0.782. The predicted molar refractivity (Wildman–Crippen MR) is 150 cm³/mol. The molecule has 0 radical (unpaired) electrons. The van der Waals surface area contributed by atoms with E-state index >= 15 is 0 Å². The first-order chi connectivity index (χ1) is 18.7. The monoisotopic (exact) mass is 511 g/mol. The molecule has 0 spiro atoms. The Kier molecular flexibility index (Phi) is 7.49. The van der Waals surface area contributed by atoms with Crippen LogP contribution in [0.2, 0.25) is 0 Å². The Bertz CT molecular complexity index is 1320. The molecule has 1 saturated heterocycles. The molecule has 2 heterocycles. The Labute approximate surface area is 224 Å². The number of nitrogens with zero attached hydrogens (tertiary/aromatic N) is 3. The second-order valence-electron chi connectivity index (χ2n) is 10.8. The summed E-state index contributed by atoms with van der Waals surface area (Å²) in [6.07, 6.45) is 17.4. The van der Waals surface area contributed by atoms with E-state index in [0.29, 0.717) is 13.0 Å². The Balaban J connectivity index is 1.01. The predicted octanol–water partition coefficient (Wildman–Crippen LogP) is 5.99. The molecule has 38 heavy (non-hydrogen) atoms. The van der Waals surface area contributed by atoms with Gasteiger partial charge in [0.2, 0.25) is 0 Å². The number of hydrogen-bond donors (Lipinski definition) is 0. The molecule has 198 valence electrons. The second kappa shape index (κ2) is 11.5. The highest BCUT2D eigenvalue weighted by atomic mass is 16.5. The van der Waals surface area contributed by atoms with Gasteiger partial charge in [0.25, 0.3) is 0 Å². The van der Waals surface area contributed by atoms with E-state index in [1.54, 1.807) is 9.13 Å². The largest absolute Gasteiger partial charge is 0.492 e. The van der Waals surface area contributed by atoms with Crippen molar-refractivity contribution in [2.45, 2.75) is 44.6 Å². The Hall–Kier alpha value is -3.51. The Morgan fingerprint density at radius 3 is 2.47 bits per heavy atom. The summed E-state index contributed by atoms with van der Waals surface area (Å²) < 4.78 is 15.4. The molecule has 1 aliphatic heterocycles. The minimum Gasteiger partial charge on any atom is -0.492 e. The van der Waals surface area contributed by atoms with E-state index in [0.717, 1.165) is 41.3 Å². The van der Waals surface area contributed by atoms with E-state index in [1.165, 1.54) is 45.2 Å². The highest BCUT2D eigenvalue weighted by molar-refractivity contribution is 5.37. The summed E-state index contributed by atoms with van der Waals surface area (Å²) in [6.45, 7) is 4.12. The van der Waals surface area contributed by atoms with Gasteiger partial charge in [0.1, 0.15) is 23.9 Å². The maximum Gasteiger partial charge on any atom is 0.333 e. The number of hydrogen-bond acceptors (Lipinski definition) is 4. The number of piperidine rings is 1. The summed E-state index contributed by atoms with van der Waals surface area (Å²) in [7, 11) is 0. The molecule has 3 unspecified atom stereocenters. The van der Waals surface area contributed by atoms with Gasteiger partial charge in [0.15, 0.2) is 0 Å². The molecule has 0 bridgehead atoms. The molecule has 3 aromatic rings. The van der Waals surface area contributed by atoms with E-state index in [-0.39, 0.29) is 11.7 Å². The van der Waals surface area contributed by atoms with Crippen LogP contribution in [0.1, 0.15) is 44.6 Å². The second-order valence-corrected chi connectivity index (χ2v) is 10.8. The molecule has 0 N–H and O–H groups in total. The SMILES string of the molecule is O=c1n(-c2ccc(OCCN3CCC4CCCCC4C3)cc2)ccn1C1C=CC(Oc2ccccc2)=CC1. The molecular weight excluding hydrogens is 474 g/mol. The first-order valence-electron chi connectivity index (χ1n) is 14.1. The normalized spacial score (nSPS) is 23.5. The fourth-order valence-electron chi connectivity index (χ4n) is 6.21. The van der Waals surface area contributed by atoms with Crippen LogP contribution in [-0.2, 0) is 0 Å². The van der Waals surface area contributed by atoms with Crippen LogP contribution in [0.15, 0.2) is 95.8 Å². The van der Waals surface area contributed by atoms with Gasteiger partial charge in [0.05, 0.1) is 11.7 Å². The van der Waals surface area contributed by atoms with Crippen molar-refractivity contribution in [3.63, 3.8) is 0 Å². The van der Waals surface area contributed by atoms with E-state index < -0.39 is 0 Å². The zero-order valence-electron chi connectivity index (χ0n) is 22.0. The van der Waals surface area contributed by atoms with Crippen LogP contribution in [0.3, 0.4) is 0 Å². The van der Waals surface area contributed by atoms with Crippen LogP contribution in [0.5, 0.6) is 11.5 Å². The van der Waals surface area contributed by atoms with Crippen molar-refractivity contribution in [3.05, 3.63) is 101 Å². The number of ether oxygens (including phenoxy) is 2. The maximum absolute atomic E-state index is 13.2. The lowest BCUT2D eigenvalue weighted by molar-refractivity contribution is 0.0766. The molecule has 3 aliphatic rings. The van der Waals surface area contributed by atoms with Crippen molar-refractivity contribution in [3.8, 4) is 17.2 Å². The number of rotatable bonds is 8. The van der Waals surface area contributed by atoms with Crippen molar-refractivity contribution >= 4 is 0 Å². The topological polar surface area (TPSA) is 48.6 Å². The molecule has 6 rings (SSSR count). The lowest BCUT2D eigenvalue weighted by Gasteiger charge is -2.41. The summed E-state index contributed by atoms with van der Waals surface area (Å²) in [4.78, 5) is 15.8.